The predicted molar refractivity (Wildman–Crippen MR) is 68.5 cm³/mol. The molecule has 1 unspecified atom stereocenters. The van der Waals surface area contributed by atoms with Gasteiger partial charge in [-0.25, -0.2) is 0 Å². The van der Waals surface area contributed by atoms with Crippen LogP contribution in [0.25, 0.3) is 0 Å². The van der Waals surface area contributed by atoms with Crippen LogP contribution in [0.2, 0.25) is 4.34 Å². The second kappa shape index (κ2) is 4.31. The van der Waals surface area contributed by atoms with Crippen LogP contribution in [-0.4, -0.2) is 10.2 Å². The molecule has 6 heteroatoms. The third kappa shape index (κ3) is 1.95. The van der Waals surface area contributed by atoms with Gasteiger partial charge in [-0.3, -0.25) is 0 Å². The number of aromatic nitrogens is 2. The van der Waals surface area contributed by atoms with Gasteiger partial charge in [0.05, 0.1) is 10.4 Å². The van der Waals surface area contributed by atoms with E-state index in [4.69, 9.17) is 11.6 Å². The number of nitrogens with zero attached hydrogens (tertiary/aromatic N) is 2. The molecule has 84 valence electrons. The monoisotopic (exact) mass is 271 g/mol. The number of rotatable bonds is 2. The highest BCUT2D eigenvalue weighted by atomic mass is 35.5. The Morgan fingerprint density at radius 2 is 2.44 bits per heavy atom. The number of aryl methyl sites for hydroxylation is 1. The summed E-state index contributed by atoms with van der Waals surface area (Å²) in [5.41, 5.74) is 3.09. The molecular weight excluding hydrogens is 262 g/mol. The van der Waals surface area contributed by atoms with Crippen molar-refractivity contribution in [2.75, 3.05) is 5.32 Å². The van der Waals surface area contributed by atoms with Gasteiger partial charge in [-0.1, -0.05) is 22.9 Å². The average Bonchev–Trinajstić information content (AvgIpc) is 2.86. The molecule has 0 aliphatic heterocycles. The summed E-state index contributed by atoms with van der Waals surface area (Å²) in [6.07, 6.45) is 3.50. The van der Waals surface area contributed by atoms with E-state index < -0.39 is 0 Å². The van der Waals surface area contributed by atoms with E-state index in [9.17, 15) is 0 Å². The molecule has 16 heavy (non-hydrogen) atoms. The van der Waals surface area contributed by atoms with Crippen LogP contribution in [0.3, 0.4) is 0 Å². The number of hydrogen-bond donors (Lipinski definition) is 1. The van der Waals surface area contributed by atoms with E-state index in [0.29, 0.717) is 6.04 Å². The third-order valence-electron chi connectivity index (χ3n) is 2.74. The molecule has 2 aromatic heterocycles. The Labute approximate surface area is 106 Å². The Morgan fingerprint density at radius 3 is 3.25 bits per heavy atom. The molecule has 0 aromatic carbocycles. The second-order valence-corrected chi connectivity index (χ2v) is 6.36. The van der Waals surface area contributed by atoms with Crippen LogP contribution >= 0.6 is 34.3 Å². The molecule has 1 aliphatic rings. The van der Waals surface area contributed by atoms with Gasteiger partial charge in [-0.15, -0.1) is 21.5 Å². The lowest BCUT2D eigenvalue weighted by atomic mass is 9.94. The Balaban J connectivity index is 1.87. The van der Waals surface area contributed by atoms with Crippen molar-refractivity contribution in [2.45, 2.75) is 25.3 Å². The molecular formula is C10H10ClN3S2. The number of hydrogen-bond acceptors (Lipinski definition) is 5. The van der Waals surface area contributed by atoms with E-state index in [1.165, 1.54) is 28.2 Å². The van der Waals surface area contributed by atoms with E-state index in [2.05, 4.69) is 21.6 Å². The first-order valence-corrected chi connectivity index (χ1v) is 7.21. The van der Waals surface area contributed by atoms with Crippen molar-refractivity contribution in [2.24, 2.45) is 0 Å². The first-order chi connectivity index (χ1) is 7.83. The minimum atomic E-state index is 0.348. The Morgan fingerprint density at radius 1 is 1.50 bits per heavy atom. The average molecular weight is 272 g/mol. The lowest BCUT2D eigenvalue weighted by molar-refractivity contribution is 0.608. The van der Waals surface area contributed by atoms with Crippen LogP contribution in [-0.2, 0) is 6.42 Å². The van der Waals surface area contributed by atoms with Crippen molar-refractivity contribution in [1.82, 2.24) is 10.2 Å². The van der Waals surface area contributed by atoms with Gasteiger partial charge in [0.2, 0.25) is 5.13 Å². The number of halogens is 1. The highest BCUT2D eigenvalue weighted by molar-refractivity contribution is 7.16. The van der Waals surface area contributed by atoms with Gasteiger partial charge in [0, 0.05) is 4.88 Å². The van der Waals surface area contributed by atoms with E-state index in [1.807, 2.05) is 0 Å². The number of thiophene rings is 1. The SMILES string of the molecule is Clc1cc2c(s1)CCCC2Nc1nncs1. The summed E-state index contributed by atoms with van der Waals surface area (Å²) in [6, 6.07) is 2.43. The summed E-state index contributed by atoms with van der Waals surface area (Å²) in [4.78, 5) is 1.42. The van der Waals surface area contributed by atoms with Crippen molar-refractivity contribution < 1.29 is 0 Å². The fourth-order valence-corrected chi connectivity index (χ4v) is 3.94. The van der Waals surface area contributed by atoms with Gasteiger partial charge in [0.15, 0.2) is 0 Å². The lowest BCUT2D eigenvalue weighted by Gasteiger charge is -2.22. The summed E-state index contributed by atoms with van der Waals surface area (Å²) in [7, 11) is 0. The molecule has 0 spiro atoms. The molecule has 0 bridgehead atoms. The van der Waals surface area contributed by atoms with Crippen LogP contribution in [0.15, 0.2) is 11.6 Å². The fourth-order valence-electron chi connectivity index (χ4n) is 2.06. The minimum absolute atomic E-state index is 0.348. The summed E-state index contributed by atoms with van der Waals surface area (Å²) >= 11 is 9.30. The summed E-state index contributed by atoms with van der Waals surface area (Å²) in [5.74, 6) is 0. The molecule has 0 radical (unpaired) electrons. The third-order valence-corrected chi connectivity index (χ3v) is 4.70. The van der Waals surface area contributed by atoms with Gasteiger partial charge < -0.3 is 5.32 Å². The zero-order chi connectivity index (χ0) is 11.0. The van der Waals surface area contributed by atoms with Crippen molar-refractivity contribution in [1.29, 1.82) is 0 Å². The first-order valence-electron chi connectivity index (χ1n) is 5.14. The van der Waals surface area contributed by atoms with Crippen LogP contribution in [0.4, 0.5) is 5.13 Å². The zero-order valence-corrected chi connectivity index (χ0v) is 10.8. The molecule has 0 saturated heterocycles. The lowest BCUT2D eigenvalue weighted by Crippen LogP contribution is -2.15. The normalized spacial score (nSPS) is 19.4. The topological polar surface area (TPSA) is 37.8 Å². The van der Waals surface area contributed by atoms with Crippen LogP contribution in [0.1, 0.15) is 29.3 Å². The van der Waals surface area contributed by atoms with E-state index >= 15 is 0 Å². The van der Waals surface area contributed by atoms with Gasteiger partial charge >= 0.3 is 0 Å². The highest BCUT2D eigenvalue weighted by Crippen LogP contribution is 2.39. The smallest absolute Gasteiger partial charge is 0.205 e. The van der Waals surface area contributed by atoms with Crippen LogP contribution in [0.5, 0.6) is 0 Å². The largest absolute Gasteiger partial charge is 0.353 e. The molecule has 1 aliphatic carbocycles. The van der Waals surface area contributed by atoms with Crippen molar-refractivity contribution in [3.63, 3.8) is 0 Å². The van der Waals surface area contributed by atoms with Crippen LogP contribution in [0, 0.1) is 0 Å². The number of anilines is 1. The molecule has 0 amide bonds. The van der Waals surface area contributed by atoms with Crippen LogP contribution < -0.4 is 5.32 Å². The number of fused-ring (bicyclic) bond motifs is 1. The van der Waals surface area contributed by atoms with Crippen molar-refractivity contribution >= 4 is 39.4 Å². The van der Waals surface area contributed by atoms with Gasteiger partial charge in [0.25, 0.3) is 0 Å². The van der Waals surface area contributed by atoms with Gasteiger partial charge in [0.1, 0.15) is 5.51 Å². The maximum atomic E-state index is 6.06. The first kappa shape index (κ1) is 10.5. The summed E-state index contributed by atoms with van der Waals surface area (Å²) < 4.78 is 0.885. The number of nitrogens with one attached hydrogen (secondary N) is 1. The van der Waals surface area contributed by atoms with Crippen molar-refractivity contribution in [3.8, 4) is 0 Å². The molecule has 1 atom stereocenters. The molecule has 1 N–H and O–H groups in total. The molecule has 0 saturated carbocycles. The minimum Gasteiger partial charge on any atom is -0.353 e. The standard InChI is InChI=1S/C10H10ClN3S2/c11-9-4-6-7(2-1-3-8(6)16-9)13-10-14-12-5-15-10/h4-5,7H,1-3H2,(H,13,14). The Kier molecular flexibility index (Phi) is 2.83. The molecule has 2 aromatic rings. The maximum Gasteiger partial charge on any atom is 0.205 e. The zero-order valence-electron chi connectivity index (χ0n) is 8.44. The second-order valence-electron chi connectivity index (χ2n) is 3.76. The van der Waals surface area contributed by atoms with Gasteiger partial charge in [-0.2, -0.15) is 0 Å². The molecule has 2 heterocycles. The van der Waals surface area contributed by atoms with E-state index in [0.717, 1.165) is 22.3 Å². The van der Waals surface area contributed by atoms with E-state index in [1.54, 1.807) is 16.8 Å². The summed E-state index contributed by atoms with van der Waals surface area (Å²) in [6.45, 7) is 0. The Bertz CT molecular complexity index is 480. The quantitative estimate of drug-likeness (QED) is 0.904. The highest BCUT2D eigenvalue weighted by Gasteiger charge is 2.23. The summed E-state index contributed by atoms with van der Waals surface area (Å²) in [5, 5.41) is 12.2. The molecule has 3 rings (SSSR count). The van der Waals surface area contributed by atoms with E-state index in [-0.39, 0.29) is 0 Å². The van der Waals surface area contributed by atoms with Gasteiger partial charge in [-0.05, 0) is 30.9 Å². The predicted octanol–water partition coefficient (Wildman–Crippen LogP) is 3.74. The Hall–Kier alpha value is -0.650. The maximum absolute atomic E-state index is 6.06. The fraction of sp³-hybridized carbons (Fsp3) is 0.400. The molecule has 0 fully saturated rings. The van der Waals surface area contributed by atoms with Crippen molar-refractivity contribution in [3.05, 3.63) is 26.4 Å². The molecule has 3 nitrogen and oxygen atoms in total.